The Balaban J connectivity index is 1.72. The number of anilines is 3. The quantitative estimate of drug-likeness (QED) is 0.748. The van der Waals surface area contributed by atoms with Crippen LogP contribution in [0.1, 0.15) is 17.1 Å². The number of aromatic nitrogens is 4. The zero-order chi connectivity index (χ0) is 15.4. The minimum Gasteiger partial charge on any atom is -0.366 e. The summed E-state index contributed by atoms with van der Waals surface area (Å²) in [6.45, 7) is 4.32. The first-order chi connectivity index (χ1) is 10.7. The molecule has 7 nitrogen and oxygen atoms in total. The van der Waals surface area contributed by atoms with Gasteiger partial charge in [-0.15, -0.1) is 0 Å². The lowest BCUT2D eigenvalue weighted by atomic mass is 10.3. The van der Waals surface area contributed by atoms with E-state index in [1.165, 1.54) is 0 Å². The van der Waals surface area contributed by atoms with Gasteiger partial charge < -0.3 is 15.2 Å². The Morgan fingerprint density at radius 3 is 2.68 bits per heavy atom. The summed E-state index contributed by atoms with van der Waals surface area (Å²) in [4.78, 5) is 12.8. The van der Waals surface area contributed by atoms with E-state index in [0.717, 1.165) is 17.1 Å². The second-order valence-electron chi connectivity index (χ2n) is 4.85. The summed E-state index contributed by atoms with van der Waals surface area (Å²) in [5.41, 5.74) is 1.08. The van der Waals surface area contributed by atoms with Gasteiger partial charge in [0.05, 0.1) is 0 Å². The Morgan fingerprint density at radius 2 is 1.95 bits per heavy atom. The molecule has 3 rings (SSSR count). The average molecular weight is 296 g/mol. The van der Waals surface area contributed by atoms with Gasteiger partial charge in [-0.05, 0) is 25.5 Å². The fourth-order valence-electron chi connectivity index (χ4n) is 1.97. The number of hydrogen-bond acceptors (Lipinski definition) is 7. The van der Waals surface area contributed by atoms with Crippen LogP contribution in [0.4, 0.5) is 17.5 Å². The first kappa shape index (κ1) is 14.0. The van der Waals surface area contributed by atoms with Crippen molar-refractivity contribution in [3.05, 3.63) is 53.8 Å². The van der Waals surface area contributed by atoms with Crippen molar-refractivity contribution in [3.8, 4) is 0 Å². The van der Waals surface area contributed by atoms with Crippen molar-refractivity contribution < 1.29 is 4.52 Å². The fraction of sp³-hybridized carbons (Fsp3) is 0.200. The molecular weight excluding hydrogens is 280 g/mol. The van der Waals surface area contributed by atoms with Crippen LogP contribution in [-0.4, -0.2) is 20.1 Å². The molecule has 22 heavy (non-hydrogen) atoms. The molecule has 3 heterocycles. The summed E-state index contributed by atoms with van der Waals surface area (Å²) in [6.07, 6.45) is 3.57. The van der Waals surface area contributed by atoms with E-state index >= 15 is 0 Å². The first-order valence-electron chi connectivity index (χ1n) is 6.88. The molecule has 7 heteroatoms. The largest absolute Gasteiger partial charge is 0.366 e. The third-order valence-corrected chi connectivity index (χ3v) is 2.92. The van der Waals surface area contributed by atoms with Crippen molar-refractivity contribution in [3.63, 3.8) is 0 Å². The van der Waals surface area contributed by atoms with Gasteiger partial charge in [0.25, 0.3) is 0 Å². The highest BCUT2D eigenvalue weighted by atomic mass is 16.5. The molecule has 0 aliphatic rings. The predicted molar refractivity (Wildman–Crippen MR) is 82.9 cm³/mol. The topological polar surface area (TPSA) is 88.8 Å². The van der Waals surface area contributed by atoms with Crippen LogP contribution in [0.25, 0.3) is 0 Å². The first-order valence-corrected chi connectivity index (χ1v) is 6.88. The van der Waals surface area contributed by atoms with E-state index in [4.69, 9.17) is 4.52 Å². The molecule has 0 spiro atoms. The third-order valence-electron chi connectivity index (χ3n) is 2.92. The van der Waals surface area contributed by atoms with Gasteiger partial charge in [-0.2, -0.15) is 0 Å². The molecule has 0 fully saturated rings. The van der Waals surface area contributed by atoms with Crippen LogP contribution in [0.15, 0.2) is 41.2 Å². The maximum Gasteiger partial charge on any atom is 0.175 e. The van der Waals surface area contributed by atoms with Crippen molar-refractivity contribution in [2.45, 2.75) is 20.4 Å². The van der Waals surface area contributed by atoms with Crippen LogP contribution in [0.2, 0.25) is 0 Å². The highest BCUT2D eigenvalue weighted by Crippen LogP contribution is 2.17. The van der Waals surface area contributed by atoms with Crippen molar-refractivity contribution in [1.82, 2.24) is 20.1 Å². The lowest BCUT2D eigenvalue weighted by Gasteiger charge is -2.08. The molecule has 2 N–H and O–H groups in total. The summed E-state index contributed by atoms with van der Waals surface area (Å²) >= 11 is 0. The van der Waals surface area contributed by atoms with E-state index in [0.29, 0.717) is 24.0 Å². The van der Waals surface area contributed by atoms with E-state index in [1.54, 1.807) is 12.3 Å². The van der Waals surface area contributed by atoms with Crippen LogP contribution in [0.5, 0.6) is 0 Å². The Morgan fingerprint density at radius 1 is 1.09 bits per heavy atom. The van der Waals surface area contributed by atoms with Crippen LogP contribution in [0.3, 0.4) is 0 Å². The molecule has 0 aliphatic heterocycles. The average Bonchev–Trinajstić information content (AvgIpc) is 2.91. The van der Waals surface area contributed by atoms with E-state index in [2.05, 4.69) is 30.7 Å². The van der Waals surface area contributed by atoms with Gasteiger partial charge in [0, 0.05) is 31.1 Å². The SMILES string of the molecule is Cc1nc(NCc2cccnc2)cc(Nc2cc(C)on2)n1. The van der Waals surface area contributed by atoms with Gasteiger partial charge in [0.2, 0.25) is 0 Å². The fourth-order valence-corrected chi connectivity index (χ4v) is 1.97. The van der Waals surface area contributed by atoms with E-state index in [9.17, 15) is 0 Å². The molecule has 0 saturated carbocycles. The van der Waals surface area contributed by atoms with Crippen molar-refractivity contribution in [2.24, 2.45) is 0 Å². The Hall–Kier alpha value is -2.96. The molecule has 3 aromatic rings. The van der Waals surface area contributed by atoms with Gasteiger partial charge >= 0.3 is 0 Å². The van der Waals surface area contributed by atoms with Gasteiger partial charge in [-0.3, -0.25) is 4.98 Å². The minimum absolute atomic E-state index is 0.619. The summed E-state index contributed by atoms with van der Waals surface area (Å²) in [7, 11) is 0. The van der Waals surface area contributed by atoms with Gasteiger partial charge in [-0.25, -0.2) is 9.97 Å². The maximum absolute atomic E-state index is 5.02. The molecule has 0 unspecified atom stereocenters. The number of rotatable bonds is 5. The molecule has 0 atom stereocenters. The van der Waals surface area contributed by atoms with Crippen LogP contribution in [0, 0.1) is 13.8 Å². The Bertz CT molecular complexity index is 756. The predicted octanol–water partition coefficient (Wildman–Crippen LogP) is 2.83. The van der Waals surface area contributed by atoms with Gasteiger partial charge in [-0.1, -0.05) is 11.2 Å². The molecular formula is C15H16N6O. The smallest absolute Gasteiger partial charge is 0.175 e. The summed E-state index contributed by atoms with van der Waals surface area (Å²) < 4.78 is 5.02. The van der Waals surface area contributed by atoms with E-state index < -0.39 is 0 Å². The molecule has 0 bridgehead atoms. The minimum atomic E-state index is 0.619. The number of nitrogens with one attached hydrogen (secondary N) is 2. The molecule has 0 saturated heterocycles. The molecule has 0 amide bonds. The Labute approximate surface area is 127 Å². The standard InChI is InChI=1S/C15H16N6O/c1-10-6-15(21-22-10)20-14-7-13(18-11(2)19-14)17-9-12-4-3-5-16-8-12/h3-8H,9H2,1-2H3,(H2,17,18,19,20,21). The summed E-state index contributed by atoms with van der Waals surface area (Å²) in [5.74, 6) is 3.42. The van der Waals surface area contributed by atoms with Crippen molar-refractivity contribution in [2.75, 3.05) is 10.6 Å². The van der Waals surface area contributed by atoms with Gasteiger partial charge in [0.1, 0.15) is 23.2 Å². The molecule has 0 aromatic carbocycles. The highest BCUT2D eigenvalue weighted by Gasteiger charge is 2.05. The lowest BCUT2D eigenvalue weighted by molar-refractivity contribution is 0.400. The van der Waals surface area contributed by atoms with Crippen molar-refractivity contribution in [1.29, 1.82) is 0 Å². The van der Waals surface area contributed by atoms with Gasteiger partial charge in [0.15, 0.2) is 5.82 Å². The molecule has 0 radical (unpaired) electrons. The molecule has 112 valence electrons. The normalized spacial score (nSPS) is 10.5. The lowest BCUT2D eigenvalue weighted by Crippen LogP contribution is -2.05. The maximum atomic E-state index is 5.02. The zero-order valence-electron chi connectivity index (χ0n) is 12.4. The monoisotopic (exact) mass is 296 g/mol. The van der Waals surface area contributed by atoms with E-state index in [-0.39, 0.29) is 0 Å². The van der Waals surface area contributed by atoms with Crippen LogP contribution in [-0.2, 0) is 6.54 Å². The second kappa shape index (κ2) is 6.21. The summed E-state index contributed by atoms with van der Waals surface area (Å²) in [6, 6.07) is 7.54. The van der Waals surface area contributed by atoms with Crippen LogP contribution < -0.4 is 10.6 Å². The summed E-state index contributed by atoms with van der Waals surface area (Å²) in [5, 5.41) is 10.2. The number of aryl methyl sites for hydroxylation is 2. The molecule has 3 aromatic heterocycles. The number of pyridine rings is 1. The number of nitrogens with zero attached hydrogens (tertiary/aromatic N) is 4. The number of hydrogen-bond donors (Lipinski definition) is 2. The molecule has 0 aliphatic carbocycles. The highest BCUT2D eigenvalue weighted by molar-refractivity contribution is 5.56. The van der Waals surface area contributed by atoms with Crippen LogP contribution >= 0.6 is 0 Å². The van der Waals surface area contributed by atoms with E-state index in [1.807, 2.05) is 38.2 Å². The second-order valence-corrected chi connectivity index (χ2v) is 4.85. The zero-order valence-corrected chi connectivity index (χ0v) is 12.4. The third kappa shape index (κ3) is 3.57. The van der Waals surface area contributed by atoms with Crippen molar-refractivity contribution >= 4 is 17.5 Å². The Kier molecular flexibility index (Phi) is 3.95.